The first-order valence-corrected chi connectivity index (χ1v) is 4.43. The third kappa shape index (κ3) is 3.80. The Kier molecular flexibility index (Phi) is 4.33. The molecule has 0 fully saturated rings. The molecule has 0 atom stereocenters. The Balaban J connectivity index is 2.34. The minimum atomic E-state index is -0.268. The van der Waals surface area contributed by atoms with Gasteiger partial charge in [-0.3, -0.25) is 4.79 Å². The van der Waals surface area contributed by atoms with Crippen LogP contribution < -0.4 is 10.1 Å². The van der Waals surface area contributed by atoms with Gasteiger partial charge in [-0.2, -0.15) is 0 Å². The molecule has 0 radical (unpaired) electrons. The number of carbonyl (C=O) groups excluding carboxylic acids is 1. The third-order valence-corrected chi connectivity index (χ3v) is 1.70. The lowest BCUT2D eigenvalue weighted by Gasteiger charge is -2.04. The normalized spacial score (nSPS) is 9.47. The fraction of sp³-hybridized carbons (Fsp3) is 0.444. The van der Waals surface area contributed by atoms with Crippen molar-refractivity contribution in [2.45, 2.75) is 6.42 Å². The summed E-state index contributed by atoms with van der Waals surface area (Å²) in [5.74, 6) is 0.782. The summed E-state index contributed by atoms with van der Waals surface area (Å²) in [6.45, 7) is 0.443. The van der Waals surface area contributed by atoms with E-state index in [1.165, 1.54) is 7.11 Å². The van der Waals surface area contributed by atoms with E-state index in [0.29, 0.717) is 18.2 Å². The van der Waals surface area contributed by atoms with Crippen LogP contribution in [0.3, 0.4) is 0 Å². The molecule has 0 aromatic carbocycles. The number of rotatable bonds is 5. The van der Waals surface area contributed by atoms with Crippen molar-refractivity contribution >= 4 is 11.9 Å². The molecule has 0 amide bonds. The van der Waals surface area contributed by atoms with Gasteiger partial charge in [0.1, 0.15) is 0 Å². The standard InChI is InChI=1S/C9H13N3O3/c1-14-7-5-11-9(12-6-7)10-4-3-8(13)15-2/h5-6H,3-4H2,1-2H3,(H,10,11,12). The number of ether oxygens (including phenoxy) is 2. The number of hydrogen-bond donors (Lipinski definition) is 1. The third-order valence-electron chi connectivity index (χ3n) is 1.70. The Morgan fingerprint density at radius 2 is 2.07 bits per heavy atom. The Labute approximate surface area is 87.6 Å². The largest absolute Gasteiger partial charge is 0.494 e. The fourth-order valence-corrected chi connectivity index (χ4v) is 0.891. The van der Waals surface area contributed by atoms with Gasteiger partial charge < -0.3 is 14.8 Å². The average molecular weight is 211 g/mol. The Morgan fingerprint density at radius 3 is 2.60 bits per heavy atom. The van der Waals surface area contributed by atoms with Gasteiger partial charge in [0.2, 0.25) is 5.95 Å². The van der Waals surface area contributed by atoms with E-state index in [0.717, 1.165) is 0 Å². The monoisotopic (exact) mass is 211 g/mol. The zero-order valence-electron chi connectivity index (χ0n) is 8.69. The van der Waals surface area contributed by atoms with Crippen molar-refractivity contribution in [1.29, 1.82) is 0 Å². The van der Waals surface area contributed by atoms with Gasteiger partial charge in [0, 0.05) is 6.54 Å². The fourth-order valence-electron chi connectivity index (χ4n) is 0.891. The minimum absolute atomic E-state index is 0.268. The molecule has 6 heteroatoms. The van der Waals surface area contributed by atoms with E-state index in [4.69, 9.17) is 4.74 Å². The number of anilines is 1. The van der Waals surface area contributed by atoms with Gasteiger partial charge in [0.15, 0.2) is 5.75 Å². The van der Waals surface area contributed by atoms with Gasteiger partial charge in [-0.15, -0.1) is 0 Å². The van der Waals surface area contributed by atoms with Crippen LogP contribution in [-0.4, -0.2) is 36.7 Å². The molecule has 6 nitrogen and oxygen atoms in total. The number of esters is 1. The molecule has 15 heavy (non-hydrogen) atoms. The molecule has 1 aromatic rings. The topological polar surface area (TPSA) is 73.3 Å². The molecule has 0 spiro atoms. The van der Waals surface area contributed by atoms with Crippen LogP contribution in [-0.2, 0) is 9.53 Å². The van der Waals surface area contributed by atoms with E-state index in [9.17, 15) is 4.79 Å². The summed E-state index contributed by atoms with van der Waals surface area (Å²) in [5.41, 5.74) is 0. The van der Waals surface area contributed by atoms with Gasteiger partial charge >= 0.3 is 5.97 Å². The average Bonchev–Trinajstić information content (AvgIpc) is 2.29. The highest BCUT2D eigenvalue weighted by Crippen LogP contribution is 2.06. The van der Waals surface area contributed by atoms with Gasteiger partial charge in [-0.1, -0.05) is 0 Å². The van der Waals surface area contributed by atoms with Crippen LogP contribution in [0.25, 0.3) is 0 Å². The van der Waals surface area contributed by atoms with Crippen molar-refractivity contribution in [3.63, 3.8) is 0 Å². The van der Waals surface area contributed by atoms with Crippen LogP contribution in [0.15, 0.2) is 12.4 Å². The molecule has 0 aliphatic rings. The smallest absolute Gasteiger partial charge is 0.307 e. The van der Waals surface area contributed by atoms with E-state index < -0.39 is 0 Å². The Hall–Kier alpha value is -1.85. The first kappa shape index (κ1) is 11.2. The predicted octanol–water partition coefficient (Wildman–Crippen LogP) is 0.460. The van der Waals surface area contributed by atoms with Crippen LogP contribution in [0.4, 0.5) is 5.95 Å². The van der Waals surface area contributed by atoms with Crippen molar-refractivity contribution in [2.75, 3.05) is 26.1 Å². The SMILES string of the molecule is COC(=O)CCNc1ncc(OC)cn1. The molecular weight excluding hydrogens is 198 g/mol. The van der Waals surface area contributed by atoms with Crippen LogP contribution in [0.1, 0.15) is 6.42 Å². The maximum atomic E-state index is 10.8. The first-order valence-electron chi connectivity index (χ1n) is 4.43. The lowest BCUT2D eigenvalue weighted by atomic mass is 10.4. The van der Waals surface area contributed by atoms with Gasteiger partial charge in [-0.25, -0.2) is 9.97 Å². The molecular formula is C9H13N3O3. The molecule has 0 bridgehead atoms. The van der Waals surface area contributed by atoms with Gasteiger partial charge in [0.05, 0.1) is 33.0 Å². The van der Waals surface area contributed by atoms with Crippen LogP contribution >= 0.6 is 0 Å². The number of aromatic nitrogens is 2. The number of nitrogens with one attached hydrogen (secondary N) is 1. The molecule has 0 saturated heterocycles. The summed E-state index contributed by atoms with van der Waals surface area (Å²) in [6, 6.07) is 0. The van der Waals surface area contributed by atoms with Crippen LogP contribution in [0.5, 0.6) is 5.75 Å². The number of methoxy groups -OCH3 is 2. The van der Waals surface area contributed by atoms with Crippen molar-refractivity contribution in [3.05, 3.63) is 12.4 Å². The Bertz CT molecular complexity index is 313. The van der Waals surface area contributed by atoms with Crippen LogP contribution in [0.2, 0.25) is 0 Å². The van der Waals surface area contributed by atoms with Crippen LogP contribution in [0, 0.1) is 0 Å². The molecule has 1 rings (SSSR count). The summed E-state index contributed by atoms with van der Waals surface area (Å²) in [7, 11) is 2.90. The quantitative estimate of drug-likeness (QED) is 0.713. The van der Waals surface area contributed by atoms with Gasteiger partial charge in [0.25, 0.3) is 0 Å². The maximum Gasteiger partial charge on any atom is 0.307 e. The summed E-state index contributed by atoms with van der Waals surface area (Å²) < 4.78 is 9.39. The van der Waals surface area contributed by atoms with E-state index in [1.54, 1.807) is 19.5 Å². The molecule has 82 valence electrons. The summed E-state index contributed by atoms with van der Waals surface area (Å²) >= 11 is 0. The first-order chi connectivity index (χ1) is 7.26. The van der Waals surface area contributed by atoms with E-state index in [1.807, 2.05) is 0 Å². The zero-order chi connectivity index (χ0) is 11.1. The van der Waals surface area contributed by atoms with Crippen molar-refractivity contribution in [3.8, 4) is 5.75 Å². The van der Waals surface area contributed by atoms with E-state index in [-0.39, 0.29) is 12.4 Å². The van der Waals surface area contributed by atoms with E-state index >= 15 is 0 Å². The van der Waals surface area contributed by atoms with Crippen molar-refractivity contribution < 1.29 is 14.3 Å². The summed E-state index contributed by atoms with van der Waals surface area (Å²) in [4.78, 5) is 18.7. The van der Waals surface area contributed by atoms with Crippen molar-refractivity contribution in [2.24, 2.45) is 0 Å². The summed E-state index contributed by atoms with van der Waals surface area (Å²) in [6.07, 6.45) is 3.38. The highest BCUT2D eigenvalue weighted by atomic mass is 16.5. The molecule has 1 N–H and O–H groups in total. The second-order valence-corrected chi connectivity index (χ2v) is 2.70. The lowest BCUT2D eigenvalue weighted by Crippen LogP contribution is -2.11. The van der Waals surface area contributed by atoms with E-state index in [2.05, 4.69) is 20.0 Å². The number of hydrogen-bond acceptors (Lipinski definition) is 6. The number of nitrogens with zero attached hydrogens (tertiary/aromatic N) is 2. The molecule has 0 aliphatic heterocycles. The minimum Gasteiger partial charge on any atom is -0.494 e. The van der Waals surface area contributed by atoms with Crippen molar-refractivity contribution in [1.82, 2.24) is 9.97 Å². The molecule has 0 aliphatic carbocycles. The molecule has 1 aromatic heterocycles. The second kappa shape index (κ2) is 5.79. The zero-order valence-corrected chi connectivity index (χ0v) is 8.69. The van der Waals surface area contributed by atoms with Gasteiger partial charge in [-0.05, 0) is 0 Å². The highest BCUT2D eigenvalue weighted by molar-refractivity contribution is 5.69. The summed E-state index contributed by atoms with van der Waals surface area (Å²) in [5, 5.41) is 2.88. The molecule has 0 unspecified atom stereocenters. The number of carbonyl (C=O) groups is 1. The molecule has 1 heterocycles. The molecule has 0 saturated carbocycles. The second-order valence-electron chi connectivity index (χ2n) is 2.70. The highest BCUT2D eigenvalue weighted by Gasteiger charge is 2.00. The predicted molar refractivity (Wildman–Crippen MR) is 53.7 cm³/mol. The lowest BCUT2D eigenvalue weighted by molar-refractivity contribution is -0.140. The Morgan fingerprint density at radius 1 is 1.40 bits per heavy atom. The maximum absolute atomic E-state index is 10.8.